The summed E-state index contributed by atoms with van der Waals surface area (Å²) in [6.45, 7) is 5.22. The number of rotatable bonds is 1. The molecule has 3 nitrogen and oxygen atoms in total. The molecule has 0 aromatic carbocycles. The molecule has 0 radical (unpaired) electrons. The summed E-state index contributed by atoms with van der Waals surface area (Å²) in [7, 11) is 0. The van der Waals surface area contributed by atoms with E-state index in [1.165, 1.54) is 11.3 Å². The first kappa shape index (κ1) is 9.55. The van der Waals surface area contributed by atoms with Crippen molar-refractivity contribution < 1.29 is 0 Å². The molecule has 0 saturated carbocycles. The Morgan fingerprint density at radius 2 is 2.50 bits per heavy atom. The number of halogens is 1. The third-order valence-corrected chi connectivity index (χ3v) is 2.19. The molecule has 0 saturated heterocycles. The lowest BCUT2D eigenvalue weighted by Gasteiger charge is -2.13. The molecule has 4 heteroatoms. The molecule has 2 rings (SSSR count). The van der Waals surface area contributed by atoms with Crippen molar-refractivity contribution >= 4 is 12.4 Å². The van der Waals surface area contributed by atoms with Crippen LogP contribution in [0.15, 0.2) is 6.20 Å². The number of aryl methyl sites for hydroxylation is 1. The average molecular weight is 188 g/mol. The largest absolute Gasteiger partial charge is 0.312 e. The minimum atomic E-state index is 0. The van der Waals surface area contributed by atoms with Gasteiger partial charge in [-0.25, -0.2) is 0 Å². The zero-order valence-electron chi connectivity index (χ0n) is 7.21. The highest BCUT2D eigenvalue weighted by molar-refractivity contribution is 5.85. The van der Waals surface area contributed by atoms with Crippen molar-refractivity contribution in [2.24, 2.45) is 0 Å². The molecular formula is C8H14ClN3. The summed E-state index contributed by atoms with van der Waals surface area (Å²) in [5.41, 5.74) is 2.80. The van der Waals surface area contributed by atoms with Crippen molar-refractivity contribution in [1.82, 2.24) is 15.1 Å². The molecule has 1 aromatic rings. The lowest BCUT2D eigenvalue weighted by atomic mass is 10.1. The molecule has 1 N–H and O–H groups in total. The minimum absolute atomic E-state index is 0. The van der Waals surface area contributed by atoms with Crippen molar-refractivity contribution in [1.29, 1.82) is 0 Å². The van der Waals surface area contributed by atoms with Crippen molar-refractivity contribution in [3.8, 4) is 0 Å². The first-order chi connectivity index (χ1) is 5.42. The van der Waals surface area contributed by atoms with Gasteiger partial charge in [-0.15, -0.1) is 12.4 Å². The lowest BCUT2D eigenvalue weighted by Crippen LogP contribution is -2.24. The van der Waals surface area contributed by atoms with E-state index >= 15 is 0 Å². The van der Waals surface area contributed by atoms with Gasteiger partial charge in [0.2, 0.25) is 0 Å². The summed E-state index contributed by atoms with van der Waals surface area (Å²) in [6.07, 6.45) is 3.11. The maximum Gasteiger partial charge on any atom is 0.0537 e. The van der Waals surface area contributed by atoms with Crippen LogP contribution in [-0.4, -0.2) is 16.3 Å². The molecule has 0 fully saturated rings. The Morgan fingerprint density at radius 3 is 3.25 bits per heavy atom. The van der Waals surface area contributed by atoms with Crippen molar-refractivity contribution in [2.45, 2.75) is 26.4 Å². The second-order valence-electron chi connectivity index (χ2n) is 2.86. The van der Waals surface area contributed by atoms with Crippen LogP contribution in [0.3, 0.4) is 0 Å². The predicted octanol–water partition coefficient (Wildman–Crippen LogP) is 0.970. The van der Waals surface area contributed by atoms with Gasteiger partial charge in [0.1, 0.15) is 0 Å². The van der Waals surface area contributed by atoms with E-state index in [4.69, 9.17) is 0 Å². The summed E-state index contributed by atoms with van der Waals surface area (Å²) in [4.78, 5) is 0. The first-order valence-corrected chi connectivity index (χ1v) is 4.16. The fourth-order valence-electron chi connectivity index (χ4n) is 1.59. The second-order valence-corrected chi connectivity index (χ2v) is 2.86. The van der Waals surface area contributed by atoms with E-state index in [1.807, 2.05) is 6.20 Å². The summed E-state index contributed by atoms with van der Waals surface area (Å²) < 4.78 is 2.09. The van der Waals surface area contributed by atoms with Gasteiger partial charge in [0.05, 0.1) is 6.20 Å². The van der Waals surface area contributed by atoms with E-state index in [9.17, 15) is 0 Å². The summed E-state index contributed by atoms with van der Waals surface area (Å²) in [5, 5.41) is 7.62. The number of nitrogens with one attached hydrogen (secondary N) is 1. The third-order valence-electron chi connectivity index (χ3n) is 2.19. The Hall–Kier alpha value is -0.540. The maximum absolute atomic E-state index is 4.29. The third kappa shape index (κ3) is 1.47. The second kappa shape index (κ2) is 3.92. The van der Waals surface area contributed by atoms with Crippen molar-refractivity contribution in [3.05, 3.63) is 17.5 Å². The molecule has 0 aliphatic carbocycles. The number of nitrogens with zero attached hydrogens (tertiary/aromatic N) is 2. The van der Waals surface area contributed by atoms with Gasteiger partial charge in [0.15, 0.2) is 0 Å². The van der Waals surface area contributed by atoms with Crippen LogP contribution < -0.4 is 5.32 Å². The van der Waals surface area contributed by atoms with Crippen LogP contribution in [0.2, 0.25) is 0 Å². The Balaban J connectivity index is 0.000000720. The Morgan fingerprint density at radius 1 is 1.67 bits per heavy atom. The van der Waals surface area contributed by atoms with Crippen LogP contribution in [0, 0.1) is 0 Å². The van der Waals surface area contributed by atoms with E-state index in [1.54, 1.807) is 0 Å². The number of hydrogen-bond acceptors (Lipinski definition) is 2. The predicted molar refractivity (Wildman–Crippen MR) is 50.6 cm³/mol. The molecule has 2 heterocycles. The van der Waals surface area contributed by atoms with Crippen LogP contribution in [0.25, 0.3) is 0 Å². The van der Waals surface area contributed by atoms with Crippen molar-refractivity contribution in [2.75, 3.05) is 6.54 Å². The van der Waals surface area contributed by atoms with Gasteiger partial charge in [-0.1, -0.05) is 0 Å². The molecule has 1 aromatic heterocycles. The molecule has 1 aliphatic heterocycles. The van der Waals surface area contributed by atoms with Gasteiger partial charge in [-0.2, -0.15) is 5.10 Å². The lowest BCUT2D eigenvalue weighted by molar-refractivity contribution is 0.571. The molecule has 0 bridgehead atoms. The zero-order valence-corrected chi connectivity index (χ0v) is 8.02. The molecule has 0 amide bonds. The van der Waals surface area contributed by atoms with E-state index in [2.05, 4.69) is 22.0 Å². The quantitative estimate of drug-likeness (QED) is 0.710. The summed E-state index contributed by atoms with van der Waals surface area (Å²) >= 11 is 0. The number of fused-ring (bicyclic) bond motifs is 1. The minimum Gasteiger partial charge on any atom is -0.312 e. The van der Waals surface area contributed by atoms with Crippen LogP contribution in [0.1, 0.15) is 18.2 Å². The highest BCUT2D eigenvalue weighted by Gasteiger charge is 2.12. The topological polar surface area (TPSA) is 29.9 Å². The van der Waals surface area contributed by atoms with E-state index in [-0.39, 0.29) is 12.4 Å². The van der Waals surface area contributed by atoms with Crippen LogP contribution in [0.5, 0.6) is 0 Å². The monoisotopic (exact) mass is 187 g/mol. The standard InChI is InChI=1S/C8H13N3.ClH/c1-2-11-8-3-4-9-5-7(8)6-10-11;/h6,9H,2-5H2,1H3;1H. The molecule has 0 atom stereocenters. The highest BCUT2D eigenvalue weighted by atomic mass is 35.5. The molecule has 0 unspecified atom stereocenters. The van der Waals surface area contributed by atoms with E-state index < -0.39 is 0 Å². The zero-order chi connectivity index (χ0) is 7.68. The summed E-state index contributed by atoms with van der Waals surface area (Å²) in [6, 6.07) is 0. The van der Waals surface area contributed by atoms with Gasteiger partial charge < -0.3 is 5.32 Å². The van der Waals surface area contributed by atoms with Crippen molar-refractivity contribution in [3.63, 3.8) is 0 Å². The van der Waals surface area contributed by atoms with Crippen LogP contribution in [0.4, 0.5) is 0 Å². The molecule has 0 spiro atoms. The summed E-state index contributed by atoms with van der Waals surface area (Å²) in [5.74, 6) is 0. The number of aromatic nitrogens is 2. The number of hydrogen-bond donors (Lipinski definition) is 1. The Bertz CT molecular complexity index is 243. The van der Waals surface area contributed by atoms with Crippen LogP contribution >= 0.6 is 12.4 Å². The molecule has 68 valence electrons. The van der Waals surface area contributed by atoms with E-state index in [0.29, 0.717) is 0 Å². The Labute approximate surface area is 78.6 Å². The van der Waals surface area contributed by atoms with E-state index in [0.717, 1.165) is 26.1 Å². The first-order valence-electron chi connectivity index (χ1n) is 4.16. The van der Waals surface area contributed by atoms with Gasteiger partial charge in [-0.3, -0.25) is 4.68 Å². The fraction of sp³-hybridized carbons (Fsp3) is 0.625. The SMILES string of the molecule is CCn1ncc2c1CCNC2.Cl. The smallest absolute Gasteiger partial charge is 0.0537 e. The molecule has 1 aliphatic rings. The fourth-order valence-corrected chi connectivity index (χ4v) is 1.59. The van der Waals surface area contributed by atoms with Gasteiger partial charge in [0, 0.05) is 37.3 Å². The maximum atomic E-state index is 4.29. The molecular weight excluding hydrogens is 174 g/mol. The molecule has 12 heavy (non-hydrogen) atoms. The van der Waals surface area contributed by atoms with Crippen LogP contribution in [-0.2, 0) is 19.5 Å². The van der Waals surface area contributed by atoms with Gasteiger partial charge in [-0.05, 0) is 6.92 Å². The Kier molecular flexibility index (Phi) is 3.12. The van der Waals surface area contributed by atoms with Gasteiger partial charge >= 0.3 is 0 Å². The average Bonchev–Trinajstić information content (AvgIpc) is 2.47. The normalized spacial score (nSPS) is 15.1. The van der Waals surface area contributed by atoms with Gasteiger partial charge in [0.25, 0.3) is 0 Å². The highest BCUT2D eigenvalue weighted by Crippen LogP contribution is 2.12.